The minimum atomic E-state index is -5.12. The van der Waals surface area contributed by atoms with Crippen LogP contribution in [0.3, 0.4) is 0 Å². The van der Waals surface area contributed by atoms with Gasteiger partial charge in [-0.1, -0.05) is 114 Å². The second kappa shape index (κ2) is 32.7. The first-order valence-electron chi connectivity index (χ1n) is 20.9. The van der Waals surface area contributed by atoms with E-state index >= 15 is 0 Å². The predicted molar refractivity (Wildman–Crippen MR) is 216 cm³/mol. The first-order chi connectivity index (χ1) is 26.9. The minimum Gasteiger partial charge on any atom is -0.462 e. The molecule has 14 heteroatoms. The van der Waals surface area contributed by atoms with Crippen molar-refractivity contribution in [3.8, 4) is 0 Å². The molecule has 0 aromatic heterocycles. The van der Waals surface area contributed by atoms with Crippen LogP contribution in [0.4, 0.5) is 0 Å². The van der Waals surface area contributed by atoms with E-state index in [9.17, 15) is 44.6 Å². The van der Waals surface area contributed by atoms with Crippen LogP contribution in [-0.2, 0) is 32.7 Å². The largest absolute Gasteiger partial charge is 0.472 e. The van der Waals surface area contributed by atoms with Crippen LogP contribution < -0.4 is 0 Å². The summed E-state index contributed by atoms with van der Waals surface area (Å²) in [7, 11) is -5.12. The lowest BCUT2D eigenvalue weighted by atomic mass is 9.85. The summed E-state index contributed by atoms with van der Waals surface area (Å²) in [4.78, 5) is 35.5. The van der Waals surface area contributed by atoms with Gasteiger partial charge in [0.1, 0.15) is 43.2 Å². The summed E-state index contributed by atoms with van der Waals surface area (Å²) in [6, 6.07) is 0. The fourth-order valence-corrected chi connectivity index (χ4v) is 6.97. The Morgan fingerprint density at radius 1 is 0.571 bits per heavy atom. The van der Waals surface area contributed by atoms with E-state index in [-0.39, 0.29) is 12.8 Å². The van der Waals surface area contributed by atoms with Crippen molar-refractivity contribution in [2.75, 3.05) is 13.2 Å². The quantitative estimate of drug-likeness (QED) is 0.0168. The molecule has 0 spiro atoms. The van der Waals surface area contributed by atoms with Gasteiger partial charge in [-0.3, -0.25) is 18.6 Å². The van der Waals surface area contributed by atoms with E-state index in [1.807, 2.05) is 0 Å². The van der Waals surface area contributed by atoms with Crippen molar-refractivity contribution in [3.05, 3.63) is 48.6 Å². The Hall–Kier alpha value is -2.19. The summed E-state index contributed by atoms with van der Waals surface area (Å²) in [5.41, 5.74) is 0. The third kappa shape index (κ3) is 25.2. The first kappa shape index (κ1) is 51.8. The predicted octanol–water partition coefficient (Wildman–Crippen LogP) is 7.22. The van der Waals surface area contributed by atoms with Crippen molar-refractivity contribution in [2.45, 2.75) is 191 Å². The fraction of sp³-hybridized carbons (Fsp3) is 0.762. The number of hydrogen-bond donors (Lipinski definition) is 6. The molecule has 0 aromatic carbocycles. The molecule has 1 saturated carbocycles. The molecule has 0 bridgehead atoms. The molecule has 56 heavy (non-hydrogen) atoms. The van der Waals surface area contributed by atoms with Crippen LogP contribution in [-0.4, -0.2) is 98.3 Å². The average Bonchev–Trinajstić information content (AvgIpc) is 3.18. The summed E-state index contributed by atoms with van der Waals surface area (Å²) >= 11 is 0. The molecule has 1 aliphatic carbocycles. The molecule has 324 valence electrons. The molecule has 0 radical (unpaired) electrons. The van der Waals surface area contributed by atoms with Crippen LogP contribution in [0.25, 0.3) is 0 Å². The maximum absolute atomic E-state index is 12.8. The third-order valence-corrected chi connectivity index (χ3v) is 10.4. The van der Waals surface area contributed by atoms with Gasteiger partial charge in [0.15, 0.2) is 6.10 Å². The molecule has 0 saturated heterocycles. The lowest BCUT2D eigenvalue weighted by Crippen LogP contribution is -2.64. The smallest absolute Gasteiger partial charge is 0.462 e. The Kier molecular flexibility index (Phi) is 30.3. The van der Waals surface area contributed by atoms with Gasteiger partial charge >= 0.3 is 19.8 Å². The molecule has 6 unspecified atom stereocenters. The Morgan fingerprint density at radius 3 is 1.57 bits per heavy atom. The number of ether oxygens (including phenoxy) is 2. The Balaban J connectivity index is 2.53. The van der Waals surface area contributed by atoms with Gasteiger partial charge in [-0.25, -0.2) is 4.57 Å². The van der Waals surface area contributed by atoms with Crippen LogP contribution >= 0.6 is 7.82 Å². The number of unbranched alkanes of at least 4 members (excludes halogenated alkanes) is 13. The normalized spacial score (nSPS) is 23.4. The second-order valence-electron chi connectivity index (χ2n) is 14.5. The number of phosphoric ester groups is 1. The number of rotatable bonds is 33. The summed E-state index contributed by atoms with van der Waals surface area (Å²) < 4.78 is 33.4. The summed E-state index contributed by atoms with van der Waals surface area (Å²) in [6.45, 7) is 3.11. The molecule has 0 heterocycles. The molecule has 0 amide bonds. The highest BCUT2D eigenvalue weighted by Gasteiger charge is 2.51. The molecule has 6 atom stereocenters. The van der Waals surface area contributed by atoms with Crippen molar-refractivity contribution in [1.29, 1.82) is 0 Å². The lowest BCUT2D eigenvalue weighted by molar-refractivity contribution is -0.220. The number of allylic oxidation sites excluding steroid dienone is 8. The van der Waals surface area contributed by atoms with Crippen molar-refractivity contribution < 1.29 is 63.1 Å². The maximum atomic E-state index is 12.8. The van der Waals surface area contributed by atoms with Gasteiger partial charge in [-0.05, 0) is 70.6 Å². The van der Waals surface area contributed by atoms with Gasteiger partial charge in [-0.15, -0.1) is 0 Å². The Bertz CT molecular complexity index is 1170. The van der Waals surface area contributed by atoms with E-state index in [1.54, 1.807) is 0 Å². The molecule has 0 aromatic rings. The van der Waals surface area contributed by atoms with Crippen molar-refractivity contribution >= 4 is 19.8 Å². The second-order valence-corrected chi connectivity index (χ2v) is 15.9. The third-order valence-electron chi connectivity index (χ3n) is 9.40. The SMILES string of the molecule is CC/C=C\C/C=C\C/C=C\CCCCCCCC(=O)OC(COC(=O)CCCCCCC/C=C\CCCCC)COP(=O)(O)OC1C(O)C(O)C(O)C(O)C1O. The molecule has 1 aliphatic rings. The van der Waals surface area contributed by atoms with Gasteiger partial charge < -0.3 is 39.9 Å². The van der Waals surface area contributed by atoms with Crippen molar-refractivity contribution in [3.63, 3.8) is 0 Å². The van der Waals surface area contributed by atoms with E-state index in [1.165, 1.54) is 19.3 Å². The standard InChI is InChI=1S/C42H73O13P/c1-3-5-7-9-11-13-15-17-18-19-21-23-25-27-29-31-36(44)54-34(32-52-35(43)30-28-26-24-22-20-16-14-12-10-8-6-4-2)33-53-56(50,51)55-42-40(48)38(46)37(45)39(47)41(42)49/h5,7,11-14,17-18,34,37-42,45-49H,3-4,6,8-10,15-16,19-33H2,1-2H3,(H,50,51)/b7-5-,13-11-,14-12-,18-17-. The molecular formula is C42H73O13P. The van der Waals surface area contributed by atoms with E-state index in [4.69, 9.17) is 18.5 Å². The zero-order chi connectivity index (χ0) is 41.4. The van der Waals surface area contributed by atoms with Crippen LogP contribution in [0.2, 0.25) is 0 Å². The fourth-order valence-electron chi connectivity index (χ4n) is 6.00. The number of carbonyl (C=O) groups excluding carboxylic acids is 2. The van der Waals surface area contributed by atoms with E-state index < -0.39 is 75.7 Å². The summed E-state index contributed by atoms with van der Waals surface area (Å²) in [5, 5.41) is 50.0. The van der Waals surface area contributed by atoms with Crippen molar-refractivity contribution in [2.24, 2.45) is 0 Å². The molecule has 13 nitrogen and oxygen atoms in total. The van der Waals surface area contributed by atoms with Crippen LogP contribution in [0.1, 0.15) is 149 Å². The zero-order valence-electron chi connectivity index (χ0n) is 33.9. The summed E-state index contributed by atoms with van der Waals surface area (Å²) in [5.74, 6) is -1.13. The van der Waals surface area contributed by atoms with Gasteiger partial charge in [0.25, 0.3) is 0 Å². The maximum Gasteiger partial charge on any atom is 0.472 e. The number of esters is 2. The van der Waals surface area contributed by atoms with Gasteiger partial charge in [-0.2, -0.15) is 0 Å². The lowest BCUT2D eigenvalue weighted by Gasteiger charge is -2.41. The molecule has 1 rings (SSSR count). The van der Waals surface area contributed by atoms with Gasteiger partial charge in [0.2, 0.25) is 0 Å². The Morgan fingerprint density at radius 2 is 1.02 bits per heavy atom. The molecule has 0 aliphatic heterocycles. The zero-order valence-corrected chi connectivity index (χ0v) is 34.8. The highest BCUT2D eigenvalue weighted by molar-refractivity contribution is 7.47. The van der Waals surface area contributed by atoms with E-state index in [0.29, 0.717) is 12.8 Å². The van der Waals surface area contributed by atoms with Crippen molar-refractivity contribution in [1.82, 2.24) is 0 Å². The average molecular weight is 817 g/mol. The number of aliphatic hydroxyl groups excluding tert-OH is 5. The van der Waals surface area contributed by atoms with Crippen LogP contribution in [0.5, 0.6) is 0 Å². The molecule has 1 fully saturated rings. The first-order valence-corrected chi connectivity index (χ1v) is 22.4. The van der Waals surface area contributed by atoms with Crippen LogP contribution in [0, 0.1) is 0 Å². The van der Waals surface area contributed by atoms with Gasteiger partial charge in [0.05, 0.1) is 6.61 Å². The summed E-state index contributed by atoms with van der Waals surface area (Å²) in [6.07, 6.45) is 23.2. The topological polar surface area (TPSA) is 210 Å². The van der Waals surface area contributed by atoms with Gasteiger partial charge in [0, 0.05) is 12.8 Å². The van der Waals surface area contributed by atoms with E-state index in [2.05, 4.69) is 62.5 Å². The molecule has 6 N–H and O–H groups in total. The number of aliphatic hydroxyl groups is 5. The number of phosphoric acid groups is 1. The Labute approximate surface area is 335 Å². The molecular weight excluding hydrogens is 743 g/mol. The monoisotopic (exact) mass is 816 g/mol. The number of carbonyl (C=O) groups is 2. The minimum absolute atomic E-state index is 0.0740. The number of hydrogen-bond acceptors (Lipinski definition) is 12. The van der Waals surface area contributed by atoms with E-state index in [0.717, 1.165) is 89.9 Å². The highest BCUT2D eigenvalue weighted by atomic mass is 31.2. The highest BCUT2D eigenvalue weighted by Crippen LogP contribution is 2.47. The van der Waals surface area contributed by atoms with Crippen LogP contribution in [0.15, 0.2) is 48.6 Å².